The Morgan fingerprint density at radius 1 is 1.11 bits per heavy atom. The number of benzene rings is 1. The lowest BCUT2D eigenvalue weighted by Gasteiger charge is -2.23. The Morgan fingerprint density at radius 3 is 2.83 bits per heavy atom. The summed E-state index contributed by atoms with van der Waals surface area (Å²) in [5, 5.41) is 14.0. The molecule has 1 aliphatic carbocycles. The summed E-state index contributed by atoms with van der Waals surface area (Å²) in [7, 11) is 0. The second kappa shape index (κ2) is 5.41. The lowest BCUT2D eigenvalue weighted by atomic mass is 9.96. The van der Waals surface area contributed by atoms with Gasteiger partial charge in [0.1, 0.15) is 0 Å². The summed E-state index contributed by atoms with van der Waals surface area (Å²) >= 11 is 0. The third kappa shape index (κ3) is 2.76. The van der Waals surface area contributed by atoms with Crippen LogP contribution in [0.5, 0.6) is 0 Å². The van der Waals surface area contributed by atoms with Crippen molar-refractivity contribution in [3.05, 3.63) is 35.4 Å². The predicted octanol–water partition coefficient (Wildman–Crippen LogP) is 3.13. The van der Waals surface area contributed by atoms with Crippen LogP contribution < -0.4 is 5.32 Å². The molecule has 0 bridgehead atoms. The largest absolute Gasteiger partial charge is 0.387 e. The molecular formula is C16H23NO. The fraction of sp³-hybridized carbons (Fsp3) is 0.625. The highest BCUT2D eigenvalue weighted by Gasteiger charge is 2.26. The van der Waals surface area contributed by atoms with E-state index in [1.54, 1.807) is 0 Å². The average Bonchev–Trinajstić information content (AvgIpc) is 3.24. The van der Waals surface area contributed by atoms with E-state index in [1.165, 1.54) is 37.7 Å². The van der Waals surface area contributed by atoms with Gasteiger partial charge in [0.15, 0.2) is 0 Å². The van der Waals surface area contributed by atoms with Crippen LogP contribution in [-0.2, 0) is 0 Å². The van der Waals surface area contributed by atoms with E-state index < -0.39 is 0 Å². The van der Waals surface area contributed by atoms with E-state index in [0.717, 1.165) is 24.4 Å². The van der Waals surface area contributed by atoms with Gasteiger partial charge in [-0.25, -0.2) is 0 Å². The zero-order valence-electron chi connectivity index (χ0n) is 10.9. The minimum Gasteiger partial charge on any atom is -0.387 e. The van der Waals surface area contributed by atoms with Crippen molar-refractivity contribution in [3.63, 3.8) is 0 Å². The van der Waals surface area contributed by atoms with Gasteiger partial charge >= 0.3 is 0 Å². The molecule has 1 saturated heterocycles. The molecule has 3 rings (SSSR count). The van der Waals surface area contributed by atoms with Gasteiger partial charge < -0.3 is 10.4 Å². The molecule has 0 amide bonds. The maximum atomic E-state index is 10.5. The molecule has 2 aliphatic rings. The number of rotatable bonds is 3. The van der Waals surface area contributed by atoms with Crippen molar-refractivity contribution in [2.75, 3.05) is 6.54 Å². The summed E-state index contributed by atoms with van der Waals surface area (Å²) in [5.74, 6) is 0.763. The van der Waals surface area contributed by atoms with Gasteiger partial charge in [0.2, 0.25) is 0 Å². The number of hydrogen-bond acceptors (Lipinski definition) is 2. The number of aliphatic hydroxyl groups is 1. The normalized spacial score (nSPS) is 26.6. The molecule has 18 heavy (non-hydrogen) atoms. The summed E-state index contributed by atoms with van der Waals surface area (Å²) in [6.07, 6.45) is 7.15. The molecule has 2 unspecified atom stereocenters. The Balaban J connectivity index is 1.73. The van der Waals surface area contributed by atoms with Crippen molar-refractivity contribution in [2.24, 2.45) is 0 Å². The molecule has 1 aromatic rings. The van der Waals surface area contributed by atoms with Crippen LogP contribution in [0.25, 0.3) is 0 Å². The van der Waals surface area contributed by atoms with Gasteiger partial charge in [0.05, 0.1) is 6.10 Å². The van der Waals surface area contributed by atoms with Crippen molar-refractivity contribution in [2.45, 2.75) is 56.6 Å². The summed E-state index contributed by atoms with van der Waals surface area (Å²) in [6.45, 7) is 1.05. The average molecular weight is 245 g/mol. The van der Waals surface area contributed by atoms with Crippen LogP contribution >= 0.6 is 0 Å². The highest BCUT2D eigenvalue weighted by molar-refractivity contribution is 5.30. The molecule has 1 saturated carbocycles. The van der Waals surface area contributed by atoms with Crippen LogP contribution in [0.1, 0.15) is 61.7 Å². The monoisotopic (exact) mass is 245 g/mol. The summed E-state index contributed by atoms with van der Waals surface area (Å²) in [6, 6.07) is 8.83. The van der Waals surface area contributed by atoms with E-state index in [2.05, 4.69) is 29.6 Å². The Morgan fingerprint density at radius 2 is 2.00 bits per heavy atom. The lowest BCUT2D eigenvalue weighted by Crippen LogP contribution is -2.34. The molecular weight excluding hydrogens is 222 g/mol. The van der Waals surface area contributed by atoms with E-state index in [0.29, 0.717) is 0 Å². The van der Waals surface area contributed by atoms with Crippen LogP contribution in [0, 0.1) is 0 Å². The van der Waals surface area contributed by atoms with Crippen LogP contribution in [0.4, 0.5) is 0 Å². The first-order chi connectivity index (χ1) is 8.84. The summed E-state index contributed by atoms with van der Waals surface area (Å²) < 4.78 is 0. The Bertz CT molecular complexity index is 392. The molecule has 2 fully saturated rings. The zero-order chi connectivity index (χ0) is 12.4. The predicted molar refractivity (Wildman–Crippen MR) is 73.6 cm³/mol. The molecule has 98 valence electrons. The fourth-order valence-corrected chi connectivity index (χ4v) is 2.97. The second-order valence-electron chi connectivity index (χ2n) is 5.80. The highest BCUT2D eigenvalue weighted by atomic mass is 16.3. The Labute approximate surface area is 109 Å². The smallest absolute Gasteiger partial charge is 0.0943 e. The van der Waals surface area contributed by atoms with Crippen molar-refractivity contribution < 1.29 is 5.11 Å². The standard InChI is InChI=1S/C16H23NO/c18-16(15-7-2-1-3-10-17-15)14-6-4-5-13(11-14)12-8-9-12/h4-6,11-12,15-18H,1-3,7-10H2. The Kier molecular flexibility index (Phi) is 3.67. The van der Waals surface area contributed by atoms with Crippen molar-refractivity contribution >= 4 is 0 Å². The van der Waals surface area contributed by atoms with Crippen LogP contribution in [-0.4, -0.2) is 17.7 Å². The topological polar surface area (TPSA) is 32.3 Å². The number of hydrogen-bond donors (Lipinski definition) is 2. The van der Waals surface area contributed by atoms with Gasteiger partial charge in [0.25, 0.3) is 0 Å². The van der Waals surface area contributed by atoms with Crippen molar-refractivity contribution in [1.29, 1.82) is 0 Å². The van der Waals surface area contributed by atoms with Crippen LogP contribution in [0.3, 0.4) is 0 Å². The molecule has 2 atom stereocenters. The minimum absolute atomic E-state index is 0.238. The van der Waals surface area contributed by atoms with E-state index in [-0.39, 0.29) is 12.1 Å². The molecule has 0 aromatic heterocycles. The second-order valence-corrected chi connectivity index (χ2v) is 5.80. The van der Waals surface area contributed by atoms with Crippen LogP contribution in [0.2, 0.25) is 0 Å². The number of aliphatic hydroxyl groups excluding tert-OH is 1. The van der Waals surface area contributed by atoms with Gasteiger partial charge in [-0.1, -0.05) is 37.1 Å². The van der Waals surface area contributed by atoms with Crippen molar-refractivity contribution in [3.8, 4) is 0 Å². The van der Waals surface area contributed by atoms with Crippen molar-refractivity contribution in [1.82, 2.24) is 5.32 Å². The molecule has 1 heterocycles. The molecule has 2 N–H and O–H groups in total. The third-order valence-electron chi connectivity index (χ3n) is 4.28. The first kappa shape index (κ1) is 12.2. The van der Waals surface area contributed by atoms with Gasteiger partial charge in [-0.2, -0.15) is 0 Å². The third-order valence-corrected chi connectivity index (χ3v) is 4.28. The van der Waals surface area contributed by atoms with Crippen LogP contribution in [0.15, 0.2) is 24.3 Å². The quantitative estimate of drug-likeness (QED) is 0.857. The Hall–Kier alpha value is -0.860. The van der Waals surface area contributed by atoms with Gasteiger partial charge in [0, 0.05) is 6.04 Å². The lowest BCUT2D eigenvalue weighted by molar-refractivity contribution is 0.126. The van der Waals surface area contributed by atoms with E-state index in [1.807, 2.05) is 0 Å². The number of nitrogens with one attached hydrogen (secondary N) is 1. The van der Waals surface area contributed by atoms with Gasteiger partial charge in [-0.15, -0.1) is 0 Å². The van der Waals surface area contributed by atoms with E-state index >= 15 is 0 Å². The molecule has 2 heteroatoms. The highest BCUT2D eigenvalue weighted by Crippen LogP contribution is 2.40. The molecule has 0 radical (unpaired) electrons. The summed E-state index contributed by atoms with van der Waals surface area (Å²) in [4.78, 5) is 0. The van der Waals surface area contributed by atoms with E-state index in [4.69, 9.17) is 0 Å². The molecule has 1 aliphatic heterocycles. The fourth-order valence-electron chi connectivity index (χ4n) is 2.97. The summed E-state index contributed by atoms with van der Waals surface area (Å²) in [5.41, 5.74) is 2.51. The zero-order valence-corrected chi connectivity index (χ0v) is 10.9. The first-order valence-electron chi connectivity index (χ1n) is 7.36. The molecule has 0 spiro atoms. The minimum atomic E-state index is -0.346. The van der Waals surface area contributed by atoms with Gasteiger partial charge in [-0.3, -0.25) is 0 Å². The first-order valence-corrected chi connectivity index (χ1v) is 7.36. The molecule has 1 aromatic carbocycles. The van der Waals surface area contributed by atoms with Gasteiger partial charge in [-0.05, 0) is 49.3 Å². The maximum absolute atomic E-state index is 10.5. The maximum Gasteiger partial charge on any atom is 0.0943 e. The SMILES string of the molecule is OC(c1cccc(C2CC2)c1)C1CCCCCN1. The molecule has 2 nitrogen and oxygen atoms in total. The van der Waals surface area contributed by atoms with E-state index in [9.17, 15) is 5.11 Å².